The Hall–Kier alpha value is -2.40. The second kappa shape index (κ2) is 7.45. The van der Waals surface area contributed by atoms with Gasteiger partial charge in [-0.25, -0.2) is 9.18 Å². The van der Waals surface area contributed by atoms with Gasteiger partial charge in [0, 0.05) is 24.8 Å². The molecule has 124 valence electrons. The van der Waals surface area contributed by atoms with Gasteiger partial charge in [0.1, 0.15) is 5.82 Å². The van der Waals surface area contributed by atoms with Crippen molar-refractivity contribution in [2.24, 2.45) is 0 Å². The molecule has 1 N–H and O–H groups in total. The molecule has 0 saturated carbocycles. The van der Waals surface area contributed by atoms with E-state index in [4.69, 9.17) is 0 Å². The lowest BCUT2D eigenvalue weighted by molar-refractivity contribution is 0.207. The standard InChI is InChI=1S/C19H19FN2OS/c1-22(12-14-5-4-6-16(20)11-14)19(23)21-10-9-15-13-24-18-8-3-2-7-17(15)18/h2-8,11,13H,9-10,12H2,1H3,(H,21,23). The summed E-state index contributed by atoms with van der Waals surface area (Å²) in [6.07, 6.45) is 0.795. The van der Waals surface area contributed by atoms with E-state index < -0.39 is 0 Å². The van der Waals surface area contributed by atoms with Crippen molar-refractivity contribution >= 4 is 27.5 Å². The zero-order valence-corrected chi connectivity index (χ0v) is 14.3. The van der Waals surface area contributed by atoms with Gasteiger partial charge in [0.15, 0.2) is 0 Å². The number of hydrogen-bond donors (Lipinski definition) is 1. The third-order valence-electron chi connectivity index (χ3n) is 3.89. The van der Waals surface area contributed by atoms with E-state index in [-0.39, 0.29) is 11.8 Å². The van der Waals surface area contributed by atoms with Gasteiger partial charge in [-0.1, -0.05) is 30.3 Å². The van der Waals surface area contributed by atoms with Gasteiger partial charge in [-0.2, -0.15) is 0 Å². The number of thiophene rings is 1. The normalized spacial score (nSPS) is 10.8. The van der Waals surface area contributed by atoms with Gasteiger partial charge < -0.3 is 10.2 Å². The van der Waals surface area contributed by atoms with Gasteiger partial charge in [-0.3, -0.25) is 0 Å². The molecule has 24 heavy (non-hydrogen) atoms. The zero-order valence-electron chi connectivity index (χ0n) is 13.5. The molecule has 0 aliphatic rings. The number of nitrogens with one attached hydrogen (secondary N) is 1. The van der Waals surface area contributed by atoms with Gasteiger partial charge in [0.2, 0.25) is 0 Å². The number of carbonyl (C=O) groups excluding carboxylic acids is 1. The first-order valence-electron chi connectivity index (χ1n) is 7.82. The highest BCUT2D eigenvalue weighted by Crippen LogP contribution is 2.25. The smallest absolute Gasteiger partial charge is 0.317 e. The van der Waals surface area contributed by atoms with E-state index in [2.05, 4.69) is 22.8 Å². The summed E-state index contributed by atoms with van der Waals surface area (Å²) >= 11 is 1.72. The Bertz CT molecular complexity index is 846. The summed E-state index contributed by atoms with van der Waals surface area (Å²) in [6.45, 7) is 0.956. The SMILES string of the molecule is CN(Cc1cccc(F)c1)C(=O)NCCc1csc2ccccc12. The van der Waals surface area contributed by atoms with E-state index in [1.54, 1.807) is 29.4 Å². The van der Waals surface area contributed by atoms with Crippen LogP contribution < -0.4 is 5.32 Å². The fourth-order valence-electron chi connectivity index (χ4n) is 2.65. The Balaban J connectivity index is 1.51. The zero-order chi connectivity index (χ0) is 16.9. The molecule has 0 bridgehead atoms. The summed E-state index contributed by atoms with van der Waals surface area (Å²) < 4.78 is 14.5. The number of halogens is 1. The quantitative estimate of drug-likeness (QED) is 0.731. The first-order chi connectivity index (χ1) is 11.6. The summed E-state index contributed by atoms with van der Waals surface area (Å²) in [4.78, 5) is 13.7. The molecule has 0 aliphatic carbocycles. The Labute approximate surface area is 144 Å². The van der Waals surface area contributed by atoms with Crippen LogP contribution in [0.25, 0.3) is 10.1 Å². The van der Waals surface area contributed by atoms with E-state index >= 15 is 0 Å². The van der Waals surface area contributed by atoms with Crippen molar-refractivity contribution in [1.82, 2.24) is 10.2 Å². The van der Waals surface area contributed by atoms with E-state index in [1.165, 1.54) is 27.8 Å². The number of urea groups is 1. The highest BCUT2D eigenvalue weighted by atomic mass is 32.1. The van der Waals surface area contributed by atoms with E-state index in [1.807, 2.05) is 18.2 Å². The molecular formula is C19H19FN2OS. The van der Waals surface area contributed by atoms with Crippen LogP contribution in [0.3, 0.4) is 0 Å². The van der Waals surface area contributed by atoms with Crippen LogP contribution in [0, 0.1) is 5.82 Å². The monoisotopic (exact) mass is 342 g/mol. The molecule has 5 heteroatoms. The number of rotatable bonds is 5. The first kappa shape index (κ1) is 16.5. The third kappa shape index (κ3) is 3.92. The Morgan fingerprint density at radius 1 is 1.21 bits per heavy atom. The van der Waals surface area contributed by atoms with Crippen molar-refractivity contribution in [2.45, 2.75) is 13.0 Å². The van der Waals surface area contributed by atoms with E-state index in [9.17, 15) is 9.18 Å². The minimum atomic E-state index is -0.286. The maximum Gasteiger partial charge on any atom is 0.317 e. The molecule has 2 aromatic carbocycles. The molecule has 2 amide bonds. The van der Waals surface area contributed by atoms with Crippen molar-refractivity contribution in [1.29, 1.82) is 0 Å². The average Bonchev–Trinajstić information content (AvgIpc) is 2.98. The topological polar surface area (TPSA) is 32.3 Å². The van der Waals surface area contributed by atoms with Crippen LogP contribution in [0.2, 0.25) is 0 Å². The highest BCUT2D eigenvalue weighted by Gasteiger charge is 2.10. The molecule has 1 aromatic heterocycles. The molecule has 0 atom stereocenters. The minimum absolute atomic E-state index is 0.154. The molecule has 3 nitrogen and oxygen atoms in total. The number of nitrogens with zero attached hydrogens (tertiary/aromatic N) is 1. The Morgan fingerprint density at radius 2 is 2.04 bits per heavy atom. The highest BCUT2D eigenvalue weighted by molar-refractivity contribution is 7.17. The van der Waals surface area contributed by atoms with Crippen LogP contribution in [-0.2, 0) is 13.0 Å². The number of amides is 2. The molecule has 0 aliphatic heterocycles. The molecule has 0 radical (unpaired) electrons. The summed E-state index contributed by atoms with van der Waals surface area (Å²) in [7, 11) is 1.71. The largest absolute Gasteiger partial charge is 0.338 e. The minimum Gasteiger partial charge on any atom is -0.338 e. The summed E-state index contributed by atoms with van der Waals surface area (Å²) in [5, 5.41) is 6.32. The Kier molecular flexibility index (Phi) is 5.11. The van der Waals surface area contributed by atoms with Crippen molar-refractivity contribution in [3.8, 4) is 0 Å². The van der Waals surface area contributed by atoms with Crippen molar-refractivity contribution in [3.05, 3.63) is 70.9 Å². The number of carbonyl (C=O) groups is 1. The van der Waals surface area contributed by atoms with Gasteiger partial charge in [0.25, 0.3) is 0 Å². The maximum absolute atomic E-state index is 13.2. The first-order valence-corrected chi connectivity index (χ1v) is 8.70. The number of benzene rings is 2. The average molecular weight is 342 g/mol. The second-order valence-corrected chi connectivity index (χ2v) is 6.64. The van der Waals surface area contributed by atoms with Crippen molar-refractivity contribution < 1.29 is 9.18 Å². The molecule has 0 unspecified atom stereocenters. The lowest BCUT2D eigenvalue weighted by atomic mass is 10.1. The number of hydrogen-bond acceptors (Lipinski definition) is 2. The van der Waals surface area contributed by atoms with E-state index in [0.717, 1.165) is 12.0 Å². The second-order valence-electron chi connectivity index (χ2n) is 5.73. The Morgan fingerprint density at radius 3 is 2.88 bits per heavy atom. The van der Waals surface area contributed by atoms with Crippen molar-refractivity contribution in [2.75, 3.05) is 13.6 Å². The van der Waals surface area contributed by atoms with Gasteiger partial charge in [-0.05, 0) is 46.5 Å². The lowest BCUT2D eigenvalue weighted by Gasteiger charge is -2.18. The number of fused-ring (bicyclic) bond motifs is 1. The molecule has 3 rings (SSSR count). The van der Waals surface area contributed by atoms with Crippen LogP contribution in [0.15, 0.2) is 53.9 Å². The predicted molar refractivity (Wildman–Crippen MR) is 96.8 cm³/mol. The van der Waals surface area contributed by atoms with Crippen LogP contribution >= 0.6 is 11.3 Å². The molecule has 0 saturated heterocycles. The summed E-state index contributed by atoms with van der Waals surface area (Å²) in [5.41, 5.74) is 2.03. The van der Waals surface area contributed by atoms with Crippen LogP contribution in [0.5, 0.6) is 0 Å². The van der Waals surface area contributed by atoms with Crippen LogP contribution in [-0.4, -0.2) is 24.5 Å². The third-order valence-corrected chi connectivity index (χ3v) is 4.90. The fourth-order valence-corrected chi connectivity index (χ4v) is 3.64. The predicted octanol–water partition coefficient (Wildman–Crippen LogP) is 4.42. The van der Waals surface area contributed by atoms with Gasteiger partial charge in [0.05, 0.1) is 0 Å². The lowest BCUT2D eigenvalue weighted by Crippen LogP contribution is -2.37. The van der Waals surface area contributed by atoms with Crippen LogP contribution in [0.1, 0.15) is 11.1 Å². The molecular weight excluding hydrogens is 323 g/mol. The molecule has 0 fully saturated rings. The molecule has 3 aromatic rings. The van der Waals surface area contributed by atoms with Gasteiger partial charge >= 0.3 is 6.03 Å². The van der Waals surface area contributed by atoms with E-state index in [0.29, 0.717) is 13.1 Å². The maximum atomic E-state index is 13.2. The summed E-state index contributed by atoms with van der Waals surface area (Å²) in [5.74, 6) is -0.286. The summed E-state index contributed by atoms with van der Waals surface area (Å²) in [6, 6.07) is 14.4. The van der Waals surface area contributed by atoms with Crippen molar-refractivity contribution in [3.63, 3.8) is 0 Å². The molecule has 0 spiro atoms. The molecule has 1 heterocycles. The fraction of sp³-hybridized carbons (Fsp3) is 0.211. The van der Waals surface area contributed by atoms with Crippen LogP contribution in [0.4, 0.5) is 9.18 Å². The van der Waals surface area contributed by atoms with Gasteiger partial charge in [-0.15, -0.1) is 11.3 Å².